The normalized spacial score (nSPS) is 18.3. The third-order valence-corrected chi connectivity index (χ3v) is 4.20. The van der Waals surface area contributed by atoms with Crippen molar-refractivity contribution >= 4 is 0 Å². The van der Waals surface area contributed by atoms with Gasteiger partial charge in [-0.05, 0) is 48.8 Å². The molecule has 0 amide bonds. The van der Waals surface area contributed by atoms with Crippen LogP contribution in [0.15, 0.2) is 48.5 Å². The molecule has 0 saturated carbocycles. The molecule has 0 fully saturated rings. The Hall–Kier alpha value is -1.71. The number of benzene rings is 2. The second-order valence-electron chi connectivity index (χ2n) is 5.72. The van der Waals surface area contributed by atoms with Gasteiger partial charge in [-0.25, -0.2) is 4.39 Å². The van der Waals surface area contributed by atoms with Crippen LogP contribution in [0, 0.1) is 5.82 Å². The maximum absolute atomic E-state index is 13.0. The summed E-state index contributed by atoms with van der Waals surface area (Å²) in [5.41, 5.74) is 3.94. The molecule has 1 aliphatic rings. The highest BCUT2D eigenvalue weighted by atomic mass is 19.1. The summed E-state index contributed by atoms with van der Waals surface area (Å²) in [5, 5.41) is 3.48. The first-order chi connectivity index (χ1) is 10.2. The highest BCUT2D eigenvalue weighted by Gasteiger charge is 2.21. The van der Waals surface area contributed by atoms with Gasteiger partial charge < -0.3 is 5.32 Å². The molecule has 0 bridgehead atoms. The predicted molar refractivity (Wildman–Crippen MR) is 83.4 cm³/mol. The summed E-state index contributed by atoms with van der Waals surface area (Å²) >= 11 is 0. The molecule has 2 aromatic carbocycles. The largest absolute Gasteiger partial charge is 0.313 e. The molecule has 1 heterocycles. The van der Waals surface area contributed by atoms with E-state index in [1.165, 1.54) is 23.3 Å². The van der Waals surface area contributed by atoms with E-state index in [0.717, 1.165) is 31.6 Å². The summed E-state index contributed by atoms with van der Waals surface area (Å²) in [6.45, 7) is 2.80. The SMILES string of the molecule is CN(Cc1ccc(F)cc1)C1CCNCc2ccccc21. The summed E-state index contributed by atoms with van der Waals surface area (Å²) in [6.07, 6.45) is 1.09. The Morgan fingerprint density at radius 1 is 1.14 bits per heavy atom. The monoisotopic (exact) mass is 284 g/mol. The quantitative estimate of drug-likeness (QED) is 0.928. The zero-order valence-corrected chi connectivity index (χ0v) is 12.3. The number of nitrogens with zero attached hydrogens (tertiary/aromatic N) is 1. The zero-order valence-electron chi connectivity index (χ0n) is 12.3. The molecule has 2 aromatic rings. The molecular formula is C18H21FN2. The Labute approximate surface area is 125 Å². The molecule has 0 radical (unpaired) electrons. The van der Waals surface area contributed by atoms with Crippen LogP contribution in [0.2, 0.25) is 0 Å². The first-order valence-electron chi connectivity index (χ1n) is 7.47. The lowest BCUT2D eigenvalue weighted by Crippen LogP contribution is -2.25. The molecule has 0 aliphatic carbocycles. The summed E-state index contributed by atoms with van der Waals surface area (Å²) < 4.78 is 13.0. The van der Waals surface area contributed by atoms with Crippen LogP contribution in [0.3, 0.4) is 0 Å². The van der Waals surface area contributed by atoms with Crippen LogP contribution < -0.4 is 5.32 Å². The summed E-state index contributed by atoms with van der Waals surface area (Å²) in [4.78, 5) is 2.36. The number of rotatable bonds is 3. The Bertz CT molecular complexity index is 594. The van der Waals surface area contributed by atoms with Crippen molar-refractivity contribution in [3.8, 4) is 0 Å². The number of halogens is 1. The molecule has 1 atom stereocenters. The molecule has 1 unspecified atom stereocenters. The van der Waals surface area contributed by atoms with Gasteiger partial charge in [0.15, 0.2) is 0 Å². The van der Waals surface area contributed by atoms with Gasteiger partial charge in [-0.2, -0.15) is 0 Å². The Balaban J connectivity index is 1.80. The van der Waals surface area contributed by atoms with E-state index in [9.17, 15) is 4.39 Å². The highest BCUT2D eigenvalue weighted by molar-refractivity contribution is 5.31. The summed E-state index contributed by atoms with van der Waals surface area (Å²) in [5.74, 6) is -0.176. The van der Waals surface area contributed by atoms with E-state index >= 15 is 0 Å². The van der Waals surface area contributed by atoms with Crippen molar-refractivity contribution in [1.82, 2.24) is 10.2 Å². The number of hydrogen-bond donors (Lipinski definition) is 1. The zero-order chi connectivity index (χ0) is 14.7. The van der Waals surface area contributed by atoms with E-state index in [0.29, 0.717) is 6.04 Å². The molecule has 110 valence electrons. The van der Waals surface area contributed by atoms with Crippen LogP contribution in [0.4, 0.5) is 4.39 Å². The smallest absolute Gasteiger partial charge is 0.123 e. The topological polar surface area (TPSA) is 15.3 Å². The van der Waals surface area contributed by atoms with Gasteiger partial charge in [0.1, 0.15) is 5.82 Å². The maximum Gasteiger partial charge on any atom is 0.123 e. The minimum atomic E-state index is -0.176. The van der Waals surface area contributed by atoms with Crippen LogP contribution in [0.5, 0.6) is 0 Å². The van der Waals surface area contributed by atoms with Crippen molar-refractivity contribution in [2.24, 2.45) is 0 Å². The lowest BCUT2D eigenvalue weighted by molar-refractivity contribution is 0.226. The molecule has 0 saturated heterocycles. The first-order valence-corrected chi connectivity index (χ1v) is 7.47. The van der Waals surface area contributed by atoms with E-state index < -0.39 is 0 Å². The minimum Gasteiger partial charge on any atom is -0.313 e. The van der Waals surface area contributed by atoms with Crippen LogP contribution in [0.25, 0.3) is 0 Å². The van der Waals surface area contributed by atoms with Gasteiger partial charge in [0.2, 0.25) is 0 Å². The lowest BCUT2D eigenvalue weighted by atomic mass is 9.98. The fourth-order valence-electron chi connectivity index (χ4n) is 3.08. The van der Waals surface area contributed by atoms with Gasteiger partial charge in [0.05, 0.1) is 0 Å². The molecule has 2 nitrogen and oxygen atoms in total. The van der Waals surface area contributed by atoms with E-state index in [-0.39, 0.29) is 5.82 Å². The average molecular weight is 284 g/mol. The van der Waals surface area contributed by atoms with Crippen molar-refractivity contribution in [2.75, 3.05) is 13.6 Å². The van der Waals surface area contributed by atoms with Gasteiger partial charge in [-0.15, -0.1) is 0 Å². The van der Waals surface area contributed by atoms with Gasteiger partial charge >= 0.3 is 0 Å². The third kappa shape index (κ3) is 3.31. The van der Waals surface area contributed by atoms with Crippen LogP contribution in [-0.4, -0.2) is 18.5 Å². The number of hydrogen-bond acceptors (Lipinski definition) is 2. The van der Waals surface area contributed by atoms with Gasteiger partial charge in [-0.3, -0.25) is 4.90 Å². The van der Waals surface area contributed by atoms with Crippen LogP contribution >= 0.6 is 0 Å². The van der Waals surface area contributed by atoms with E-state index in [1.807, 2.05) is 12.1 Å². The first kappa shape index (κ1) is 14.2. The maximum atomic E-state index is 13.0. The molecule has 21 heavy (non-hydrogen) atoms. The molecule has 0 spiro atoms. The average Bonchev–Trinajstić information content (AvgIpc) is 2.72. The fraction of sp³-hybridized carbons (Fsp3) is 0.333. The van der Waals surface area contributed by atoms with E-state index in [4.69, 9.17) is 0 Å². The molecule has 1 aliphatic heterocycles. The number of nitrogens with one attached hydrogen (secondary N) is 1. The second-order valence-corrected chi connectivity index (χ2v) is 5.72. The molecule has 0 aromatic heterocycles. The van der Waals surface area contributed by atoms with E-state index in [1.54, 1.807) is 0 Å². The fourth-order valence-corrected chi connectivity index (χ4v) is 3.08. The molecule has 1 N–H and O–H groups in total. The van der Waals surface area contributed by atoms with E-state index in [2.05, 4.69) is 41.5 Å². The molecular weight excluding hydrogens is 263 g/mol. The Morgan fingerprint density at radius 2 is 1.90 bits per heavy atom. The van der Waals surface area contributed by atoms with Crippen molar-refractivity contribution in [3.63, 3.8) is 0 Å². The van der Waals surface area contributed by atoms with Gasteiger partial charge in [-0.1, -0.05) is 36.4 Å². The van der Waals surface area contributed by atoms with Gasteiger partial charge in [0.25, 0.3) is 0 Å². The number of fused-ring (bicyclic) bond motifs is 1. The Morgan fingerprint density at radius 3 is 2.71 bits per heavy atom. The standard InChI is InChI=1S/C18H21FN2/c1-21(13-14-6-8-16(19)9-7-14)18-10-11-20-12-15-4-2-3-5-17(15)18/h2-9,18,20H,10-13H2,1H3. The van der Waals surface area contributed by atoms with Crippen LogP contribution in [0.1, 0.15) is 29.2 Å². The van der Waals surface area contributed by atoms with Crippen molar-refractivity contribution in [3.05, 3.63) is 71.0 Å². The van der Waals surface area contributed by atoms with Crippen molar-refractivity contribution < 1.29 is 4.39 Å². The van der Waals surface area contributed by atoms with Crippen molar-refractivity contribution in [2.45, 2.75) is 25.6 Å². The lowest BCUT2D eigenvalue weighted by Gasteiger charge is -2.28. The Kier molecular flexibility index (Phi) is 4.32. The van der Waals surface area contributed by atoms with Gasteiger partial charge in [0, 0.05) is 19.1 Å². The summed E-state index contributed by atoms with van der Waals surface area (Å²) in [7, 11) is 2.15. The van der Waals surface area contributed by atoms with Crippen molar-refractivity contribution in [1.29, 1.82) is 0 Å². The highest BCUT2D eigenvalue weighted by Crippen LogP contribution is 2.29. The predicted octanol–water partition coefficient (Wildman–Crippen LogP) is 3.49. The second kappa shape index (κ2) is 6.37. The molecule has 3 rings (SSSR count). The summed E-state index contributed by atoms with van der Waals surface area (Å²) in [6, 6.07) is 15.9. The minimum absolute atomic E-state index is 0.176. The molecule has 3 heteroatoms. The third-order valence-electron chi connectivity index (χ3n) is 4.20. The van der Waals surface area contributed by atoms with Crippen LogP contribution in [-0.2, 0) is 13.1 Å².